The average molecular weight is 284 g/mol. The van der Waals surface area contributed by atoms with E-state index in [0.29, 0.717) is 22.3 Å². The lowest BCUT2D eigenvalue weighted by atomic mass is 9.84. The molecule has 100 valence electrons. The Hall–Kier alpha value is -2.53. The number of thiocarbonyl (C=S) groups is 1. The minimum atomic E-state index is -0.0641. The van der Waals surface area contributed by atoms with Crippen molar-refractivity contribution in [2.75, 3.05) is 0 Å². The normalized spacial score (nSPS) is 11.8. The van der Waals surface area contributed by atoms with Crippen molar-refractivity contribution in [3.63, 3.8) is 0 Å². The Morgan fingerprint density at radius 2 is 0.900 bits per heavy atom. The number of ketones is 2. The van der Waals surface area contributed by atoms with E-state index < -0.39 is 0 Å². The first kappa shape index (κ1) is 13.9. The van der Waals surface area contributed by atoms with Crippen molar-refractivity contribution in [2.45, 2.75) is 0 Å². The Bertz CT molecular complexity index is 601. The van der Waals surface area contributed by atoms with Crippen LogP contribution in [0.5, 0.6) is 0 Å². The van der Waals surface area contributed by atoms with E-state index in [1.165, 1.54) is 0 Å². The van der Waals surface area contributed by atoms with Gasteiger partial charge in [-0.2, -0.15) is 0 Å². The van der Waals surface area contributed by atoms with E-state index in [0.717, 1.165) is 0 Å². The Kier molecular flexibility index (Phi) is 3.91. The van der Waals surface area contributed by atoms with Gasteiger partial charge in [0.2, 0.25) is 0 Å². The fraction of sp³-hybridized carbons (Fsp3) is 0. The third-order valence-electron chi connectivity index (χ3n) is 2.83. The van der Waals surface area contributed by atoms with Crippen molar-refractivity contribution in [1.82, 2.24) is 0 Å². The summed E-state index contributed by atoms with van der Waals surface area (Å²) in [6, 6.07) is 13.9. The fourth-order valence-corrected chi connectivity index (χ4v) is 2.05. The molecule has 4 N–H and O–H groups in total. The molecule has 1 aliphatic rings. The second-order valence-corrected chi connectivity index (χ2v) is 4.62. The van der Waals surface area contributed by atoms with Crippen molar-refractivity contribution in [2.24, 2.45) is 11.5 Å². The van der Waals surface area contributed by atoms with Gasteiger partial charge in [0.1, 0.15) is 0 Å². The first-order valence-electron chi connectivity index (χ1n) is 5.84. The predicted octanol–water partition coefficient (Wildman–Crippen LogP) is 1.65. The summed E-state index contributed by atoms with van der Waals surface area (Å²) in [5.41, 5.74) is 11.3. The molecule has 0 aromatic heterocycles. The van der Waals surface area contributed by atoms with Crippen LogP contribution >= 0.6 is 12.2 Å². The molecule has 0 unspecified atom stereocenters. The molecule has 0 atom stereocenters. The molecule has 3 rings (SSSR count). The third kappa shape index (κ3) is 2.57. The van der Waals surface area contributed by atoms with Crippen molar-refractivity contribution in [3.05, 3.63) is 70.8 Å². The van der Waals surface area contributed by atoms with Gasteiger partial charge in [-0.05, 0) is 12.2 Å². The van der Waals surface area contributed by atoms with E-state index in [-0.39, 0.29) is 16.7 Å². The molecule has 0 saturated heterocycles. The van der Waals surface area contributed by atoms with Crippen molar-refractivity contribution >= 4 is 28.9 Å². The van der Waals surface area contributed by atoms with Crippen LogP contribution in [0.1, 0.15) is 31.8 Å². The molecular formula is C15H12N2O2S. The summed E-state index contributed by atoms with van der Waals surface area (Å²) in [7, 11) is 0. The summed E-state index contributed by atoms with van der Waals surface area (Å²) in [5, 5.41) is 0.000000000000000222. The van der Waals surface area contributed by atoms with Crippen LogP contribution in [0.25, 0.3) is 0 Å². The summed E-state index contributed by atoms with van der Waals surface area (Å²) >= 11 is 4.09. The van der Waals surface area contributed by atoms with Crippen LogP contribution in [0.2, 0.25) is 0 Å². The van der Waals surface area contributed by atoms with Gasteiger partial charge in [-0.3, -0.25) is 9.59 Å². The molecule has 4 nitrogen and oxygen atoms in total. The first-order valence-corrected chi connectivity index (χ1v) is 6.25. The lowest BCUT2D eigenvalue weighted by Crippen LogP contribution is -2.20. The van der Waals surface area contributed by atoms with Crippen molar-refractivity contribution < 1.29 is 9.59 Å². The SMILES string of the molecule is NC(N)=S.O=C1c2ccccc2C(=O)c2ccccc21. The standard InChI is InChI=1S/C14H8O2.CH4N2S/c15-13-9-5-1-2-6-10(9)14(16)12-8-4-3-7-11(12)13;2-1(3)4/h1-8H;(H4,2,3,4). The van der Waals surface area contributed by atoms with E-state index in [1.54, 1.807) is 48.5 Å². The van der Waals surface area contributed by atoms with Crippen LogP contribution in [0.4, 0.5) is 0 Å². The fourth-order valence-electron chi connectivity index (χ4n) is 2.05. The molecule has 2 aromatic carbocycles. The Morgan fingerprint density at radius 3 is 1.10 bits per heavy atom. The van der Waals surface area contributed by atoms with Crippen molar-refractivity contribution in [3.8, 4) is 0 Å². The summed E-state index contributed by atoms with van der Waals surface area (Å²) in [4.78, 5) is 24.2. The highest BCUT2D eigenvalue weighted by Crippen LogP contribution is 2.26. The minimum absolute atomic E-state index is 0.000000000000000222. The zero-order chi connectivity index (χ0) is 14.7. The maximum atomic E-state index is 12.1. The number of rotatable bonds is 0. The largest absolute Gasteiger partial charge is 0.377 e. The zero-order valence-electron chi connectivity index (χ0n) is 10.5. The monoisotopic (exact) mass is 284 g/mol. The quantitative estimate of drug-likeness (QED) is 0.613. The van der Waals surface area contributed by atoms with E-state index in [1.807, 2.05) is 0 Å². The molecule has 2 aromatic rings. The lowest BCUT2D eigenvalue weighted by molar-refractivity contribution is 0.0979. The number of carbonyl (C=O) groups is 2. The van der Waals surface area contributed by atoms with Gasteiger partial charge in [-0.15, -0.1) is 0 Å². The van der Waals surface area contributed by atoms with Crippen LogP contribution in [0.15, 0.2) is 48.5 Å². The van der Waals surface area contributed by atoms with Crippen LogP contribution in [0.3, 0.4) is 0 Å². The van der Waals surface area contributed by atoms with Gasteiger partial charge in [0.15, 0.2) is 16.7 Å². The van der Waals surface area contributed by atoms with E-state index in [4.69, 9.17) is 0 Å². The molecule has 20 heavy (non-hydrogen) atoms. The smallest absolute Gasteiger partial charge is 0.194 e. The molecule has 1 aliphatic carbocycles. The number of benzene rings is 2. The van der Waals surface area contributed by atoms with Gasteiger partial charge in [-0.1, -0.05) is 48.5 Å². The molecule has 0 bridgehead atoms. The molecule has 0 radical (unpaired) electrons. The second-order valence-electron chi connectivity index (χ2n) is 4.15. The Morgan fingerprint density at radius 1 is 0.700 bits per heavy atom. The van der Waals surface area contributed by atoms with E-state index >= 15 is 0 Å². The highest BCUT2D eigenvalue weighted by molar-refractivity contribution is 7.80. The summed E-state index contributed by atoms with van der Waals surface area (Å²) < 4.78 is 0. The lowest BCUT2D eigenvalue weighted by Gasteiger charge is -2.16. The molecule has 0 saturated carbocycles. The molecule has 0 heterocycles. The minimum Gasteiger partial charge on any atom is -0.377 e. The number of fused-ring (bicyclic) bond motifs is 2. The van der Waals surface area contributed by atoms with Gasteiger partial charge < -0.3 is 11.5 Å². The van der Waals surface area contributed by atoms with Crippen LogP contribution < -0.4 is 11.5 Å². The van der Waals surface area contributed by atoms with Gasteiger partial charge >= 0.3 is 0 Å². The highest BCUT2D eigenvalue weighted by atomic mass is 32.1. The molecule has 0 aliphatic heterocycles. The number of nitrogens with two attached hydrogens (primary N) is 2. The van der Waals surface area contributed by atoms with Gasteiger partial charge in [0, 0.05) is 22.3 Å². The maximum absolute atomic E-state index is 12.1. The first-order chi connectivity index (χ1) is 9.52. The number of hydrogen-bond acceptors (Lipinski definition) is 3. The van der Waals surface area contributed by atoms with Crippen LogP contribution in [-0.4, -0.2) is 16.7 Å². The van der Waals surface area contributed by atoms with Gasteiger partial charge in [0.25, 0.3) is 0 Å². The topological polar surface area (TPSA) is 86.2 Å². The van der Waals surface area contributed by atoms with Crippen LogP contribution in [0, 0.1) is 0 Å². The summed E-state index contributed by atoms with van der Waals surface area (Å²) in [5.74, 6) is -0.128. The number of hydrogen-bond donors (Lipinski definition) is 2. The highest BCUT2D eigenvalue weighted by Gasteiger charge is 2.28. The van der Waals surface area contributed by atoms with Gasteiger partial charge in [-0.25, -0.2) is 0 Å². The maximum Gasteiger partial charge on any atom is 0.194 e. The Balaban J connectivity index is 0.000000328. The molecule has 0 amide bonds. The summed E-state index contributed by atoms with van der Waals surface area (Å²) in [6.07, 6.45) is 0. The van der Waals surface area contributed by atoms with Gasteiger partial charge in [0.05, 0.1) is 0 Å². The van der Waals surface area contributed by atoms with Crippen molar-refractivity contribution in [1.29, 1.82) is 0 Å². The molecular weight excluding hydrogens is 272 g/mol. The molecule has 0 spiro atoms. The third-order valence-corrected chi connectivity index (χ3v) is 2.83. The zero-order valence-corrected chi connectivity index (χ0v) is 11.3. The second kappa shape index (κ2) is 5.63. The van der Waals surface area contributed by atoms with Crippen LogP contribution in [-0.2, 0) is 0 Å². The molecule has 0 fully saturated rings. The number of carbonyl (C=O) groups excluding carboxylic acids is 2. The van der Waals surface area contributed by atoms with E-state index in [9.17, 15) is 9.59 Å². The Labute approximate surface area is 121 Å². The van der Waals surface area contributed by atoms with E-state index in [2.05, 4.69) is 23.7 Å². The summed E-state index contributed by atoms with van der Waals surface area (Å²) in [6.45, 7) is 0. The molecule has 5 heteroatoms. The average Bonchev–Trinajstić information content (AvgIpc) is 2.44. The predicted molar refractivity (Wildman–Crippen MR) is 80.7 cm³/mol.